The molecule has 0 saturated heterocycles. The molecule has 41 heavy (non-hydrogen) atoms. The summed E-state index contributed by atoms with van der Waals surface area (Å²) in [5.41, 5.74) is -1.53. The van der Waals surface area contributed by atoms with E-state index in [9.17, 15) is 18.8 Å². The number of amides is 1. The molecule has 13 heteroatoms. The molecule has 0 unspecified atom stereocenters. The second kappa shape index (κ2) is 11.3. The van der Waals surface area contributed by atoms with Crippen LogP contribution in [0.5, 0.6) is 23.1 Å². The minimum absolute atomic E-state index is 0.0913. The molecule has 0 aliphatic carbocycles. The van der Waals surface area contributed by atoms with Crippen LogP contribution in [0, 0.1) is 5.82 Å². The average Bonchev–Trinajstić information content (AvgIpc) is 2.98. The van der Waals surface area contributed by atoms with E-state index >= 15 is 0 Å². The maximum atomic E-state index is 13.4. The number of carbonyl (C=O) groups excluding carboxylic acids is 1. The zero-order valence-electron chi connectivity index (χ0n) is 22.1. The van der Waals surface area contributed by atoms with Gasteiger partial charge in [0.15, 0.2) is 11.5 Å². The first-order chi connectivity index (χ1) is 19.8. The van der Waals surface area contributed by atoms with Crippen molar-refractivity contribution in [1.82, 2.24) is 24.3 Å². The van der Waals surface area contributed by atoms with Crippen molar-refractivity contribution in [2.75, 3.05) is 19.5 Å². The molecule has 1 amide bonds. The molecule has 0 aliphatic rings. The number of anilines is 1. The standard InChI is InChI=1S/C28H23FN6O6/c1-4-34-28(38)35(18-8-6-17(29)7-9-18)27(37)25(33-34)26(36)32-23-11-10-19(15-30-23)41-24-12-5-16-13-21(39-2)22(40-3)14-20(16)31-24/h5-15H,4H2,1-3H3,(H,30,32,36). The lowest BCUT2D eigenvalue weighted by Crippen LogP contribution is -2.44. The van der Waals surface area contributed by atoms with Gasteiger partial charge in [-0.3, -0.25) is 9.59 Å². The summed E-state index contributed by atoms with van der Waals surface area (Å²) in [4.78, 5) is 47.5. The Balaban J connectivity index is 1.36. The number of hydrogen-bond acceptors (Lipinski definition) is 9. The molecule has 0 fully saturated rings. The van der Waals surface area contributed by atoms with Gasteiger partial charge in [0.25, 0.3) is 11.5 Å². The summed E-state index contributed by atoms with van der Waals surface area (Å²) in [6.07, 6.45) is 1.37. The molecule has 2 aromatic carbocycles. The van der Waals surface area contributed by atoms with Crippen LogP contribution in [-0.2, 0) is 6.54 Å². The highest BCUT2D eigenvalue weighted by atomic mass is 19.1. The van der Waals surface area contributed by atoms with E-state index in [4.69, 9.17) is 14.2 Å². The first-order valence-corrected chi connectivity index (χ1v) is 12.3. The monoisotopic (exact) mass is 558 g/mol. The Bertz CT molecular complexity index is 1870. The van der Waals surface area contributed by atoms with E-state index in [1.165, 1.54) is 31.5 Å². The maximum absolute atomic E-state index is 13.4. The largest absolute Gasteiger partial charge is 0.493 e. The van der Waals surface area contributed by atoms with Gasteiger partial charge in [-0.1, -0.05) is 0 Å². The van der Waals surface area contributed by atoms with Crippen molar-refractivity contribution in [3.63, 3.8) is 0 Å². The predicted molar refractivity (Wildman–Crippen MR) is 147 cm³/mol. The van der Waals surface area contributed by atoms with E-state index in [0.29, 0.717) is 28.6 Å². The van der Waals surface area contributed by atoms with Gasteiger partial charge in [0.1, 0.15) is 17.4 Å². The Hall–Kier alpha value is -5.59. The highest BCUT2D eigenvalue weighted by Gasteiger charge is 2.21. The van der Waals surface area contributed by atoms with E-state index in [1.807, 2.05) is 6.07 Å². The summed E-state index contributed by atoms with van der Waals surface area (Å²) in [6, 6.07) is 14.8. The van der Waals surface area contributed by atoms with E-state index in [2.05, 4.69) is 20.4 Å². The molecule has 0 saturated carbocycles. The van der Waals surface area contributed by atoms with Crippen LogP contribution in [-0.4, -0.2) is 44.4 Å². The average molecular weight is 559 g/mol. The van der Waals surface area contributed by atoms with Crippen LogP contribution >= 0.6 is 0 Å². The zero-order chi connectivity index (χ0) is 29.1. The summed E-state index contributed by atoms with van der Waals surface area (Å²) in [7, 11) is 3.09. The maximum Gasteiger partial charge on any atom is 0.352 e. The number of ether oxygens (including phenoxy) is 3. The molecule has 0 bridgehead atoms. The van der Waals surface area contributed by atoms with Crippen molar-refractivity contribution in [1.29, 1.82) is 0 Å². The molecule has 3 aromatic heterocycles. The van der Waals surface area contributed by atoms with Crippen LogP contribution in [0.3, 0.4) is 0 Å². The van der Waals surface area contributed by atoms with E-state index < -0.39 is 28.7 Å². The summed E-state index contributed by atoms with van der Waals surface area (Å²) < 4.78 is 31.6. The first kappa shape index (κ1) is 27.0. The number of aryl methyl sites for hydroxylation is 1. The minimum atomic E-state index is -0.958. The van der Waals surface area contributed by atoms with Gasteiger partial charge < -0.3 is 19.5 Å². The summed E-state index contributed by atoms with van der Waals surface area (Å²) >= 11 is 0. The Morgan fingerprint density at radius 2 is 1.71 bits per heavy atom. The second-order valence-electron chi connectivity index (χ2n) is 8.55. The van der Waals surface area contributed by atoms with Gasteiger partial charge in [-0.05, 0) is 55.5 Å². The second-order valence-corrected chi connectivity index (χ2v) is 8.55. The van der Waals surface area contributed by atoms with Crippen molar-refractivity contribution < 1.29 is 23.4 Å². The number of methoxy groups -OCH3 is 2. The fraction of sp³-hybridized carbons (Fsp3) is 0.143. The van der Waals surface area contributed by atoms with Gasteiger partial charge in [0, 0.05) is 24.1 Å². The zero-order valence-corrected chi connectivity index (χ0v) is 22.1. The SMILES string of the molecule is CCn1nc(C(=O)Nc2ccc(Oc3ccc4cc(OC)c(OC)cc4n3)cn2)c(=O)n(-c2ccc(F)cc2)c1=O. The number of nitrogens with one attached hydrogen (secondary N) is 1. The smallest absolute Gasteiger partial charge is 0.352 e. The lowest BCUT2D eigenvalue weighted by Gasteiger charge is -2.11. The van der Waals surface area contributed by atoms with E-state index in [-0.39, 0.29) is 18.1 Å². The third kappa shape index (κ3) is 5.45. The van der Waals surface area contributed by atoms with Crippen molar-refractivity contribution in [2.24, 2.45) is 0 Å². The van der Waals surface area contributed by atoms with E-state index in [1.54, 1.807) is 38.3 Å². The fourth-order valence-electron chi connectivity index (χ4n) is 3.98. The molecule has 1 N–H and O–H groups in total. The fourth-order valence-corrected chi connectivity index (χ4v) is 3.98. The Labute approximate surface area is 231 Å². The number of rotatable bonds is 8. The van der Waals surface area contributed by atoms with Crippen LogP contribution in [0.15, 0.2) is 76.4 Å². The molecule has 5 aromatic rings. The number of hydrogen-bond donors (Lipinski definition) is 1. The van der Waals surface area contributed by atoms with Crippen LogP contribution in [0.25, 0.3) is 16.6 Å². The molecule has 3 heterocycles. The van der Waals surface area contributed by atoms with Crippen molar-refractivity contribution in [3.05, 3.63) is 99.2 Å². The van der Waals surface area contributed by atoms with Gasteiger partial charge >= 0.3 is 5.69 Å². The van der Waals surface area contributed by atoms with Crippen LogP contribution in [0.2, 0.25) is 0 Å². The van der Waals surface area contributed by atoms with Gasteiger partial charge in [-0.15, -0.1) is 0 Å². The third-order valence-corrected chi connectivity index (χ3v) is 6.01. The minimum Gasteiger partial charge on any atom is -0.493 e. The van der Waals surface area contributed by atoms with Gasteiger partial charge in [-0.2, -0.15) is 5.10 Å². The molecular weight excluding hydrogens is 535 g/mol. The molecule has 5 rings (SSSR count). The third-order valence-electron chi connectivity index (χ3n) is 6.01. The molecular formula is C28H23FN6O6. The van der Waals surface area contributed by atoms with Crippen LogP contribution in [0.4, 0.5) is 10.2 Å². The highest BCUT2D eigenvalue weighted by molar-refractivity contribution is 6.02. The number of fused-ring (bicyclic) bond motifs is 1. The molecule has 12 nitrogen and oxygen atoms in total. The van der Waals surface area contributed by atoms with Gasteiger partial charge in [0.2, 0.25) is 11.6 Å². The number of carbonyl (C=O) groups is 1. The van der Waals surface area contributed by atoms with Crippen molar-refractivity contribution in [3.8, 4) is 28.8 Å². The molecule has 0 radical (unpaired) electrons. The van der Waals surface area contributed by atoms with Gasteiger partial charge in [-0.25, -0.2) is 28.4 Å². The lowest BCUT2D eigenvalue weighted by atomic mass is 10.2. The van der Waals surface area contributed by atoms with Gasteiger partial charge in [0.05, 0.1) is 31.6 Å². The summed E-state index contributed by atoms with van der Waals surface area (Å²) in [5.74, 6) is 0.432. The number of nitrogens with zero attached hydrogens (tertiary/aromatic N) is 5. The molecule has 0 atom stereocenters. The van der Waals surface area contributed by atoms with E-state index in [0.717, 1.165) is 26.8 Å². The Morgan fingerprint density at radius 3 is 2.37 bits per heavy atom. The molecule has 208 valence electrons. The summed E-state index contributed by atoms with van der Waals surface area (Å²) in [6.45, 7) is 1.72. The van der Waals surface area contributed by atoms with Crippen LogP contribution in [0.1, 0.15) is 17.4 Å². The topological polar surface area (TPSA) is 139 Å². The number of halogens is 1. The highest BCUT2D eigenvalue weighted by Crippen LogP contribution is 2.32. The predicted octanol–water partition coefficient (Wildman–Crippen LogP) is 3.56. The van der Waals surface area contributed by atoms with Crippen LogP contribution < -0.4 is 30.8 Å². The molecule has 0 aliphatic heterocycles. The molecule has 0 spiro atoms. The number of benzene rings is 2. The Kier molecular flexibility index (Phi) is 7.41. The normalized spacial score (nSPS) is 10.8. The van der Waals surface area contributed by atoms with Crippen molar-refractivity contribution >= 4 is 22.6 Å². The Morgan fingerprint density at radius 1 is 0.976 bits per heavy atom. The summed E-state index contributed by atoms with van der Waals surface area (Å²) in [5, 5.41) is 7.24. The quantitative estimate of drug-likeness (QED) is 0.303. The lowest BCUT2D eigenvalue weighted by molar-refractivity contribution is 0.101. The number of pyridine rings is 2. The first-order valence-electron chi connectivity index (χ1n) is 12.3. The number of aromatic nitrogens is 5. The van der Waals surface area contributed by atoms with Crippen molar-refractivity contribution in [2.45, 2.75) is 13.5 Å².